The van der Waals surface area contributed by atoms with E-state index in [1.165, 1.54) is 18.9 Å². The number of amides is 1. The van der Waals surface area contributed by atoms with Crippen molar-refractivity contribution in [1.82, 2.24) is 19.9 Å². The largest absolute Gasteiger partial charge is 0.336 e. The second-order valence-corrected chi connectivity index (χ2v) is 6.22. The first-order valence-electron chi connectivity index (χ1n) is 7.78. The fraction of sp³-hybridized carbons (Fsp3) is 0.438. The molecular formula is C16H16F2N4O. The van der Waals surface area contributed by atoms with Crippen LogP contribution in [0.25, 0.3) is 0 Å². The summed E-state index contributed by atoms with van der Waals surface area (Å²) in [7, 11) is 0. The molecule has 1 saturated carbocycles. The Kier molecular flexibility index (Phi) is 3.36. The van der Waals surface area contributed by atoms with Crippen LogP contribution in [-0.2, 0) is 0 Å². The van der Waals surface area contributed by atoms with Gasteiger partial charge in [-0.25, -0.2) is 13.5 Å². The smallest absolute Gasteiger partial charge is 0.254 e. The summed E-state index contributed by atoms with van der Waals surface area (Å²) in [6.07, 6.45) is 5.09. The van der Waals surface area contributed by atoms with Gasteiger partial charge in [0.05, 0.1) is 11.7 Å². The van der Waals surface area contributed by atoms with Crippen LogP contribution >= 0.6 is 0 Å². The summed E-state index contributed by atoms with van der Waals surface area (Å²) < 4.78 is 28.1. The normalized spacial score (nSPS) is 21.0. The van der Waals surface area contributed by atoms with Crippen LogP contribution in [0, 0.1) is 11.6 Å². The highest BCUT2D eigenvalue weighted by atomic mass is 19.2. The Hall–Kier alpha value is -2.31. The van der Waals surface area contributed by atoms with Crippen molar-refractivity contribution in [2.24, 2.45) is 0 Å². The molecule has 2 aliphatic rings. The average Bonchev–Trinajstić information content (AvgIpc) is 3.09. The predicted molar refractivity (Wildman–Crippen MR) is 77.9 cm³/mol. The third-order valence-electron chi connectivity index (χ3n) is 4.51. The zero-order chi connectivity index (χ0) is 16.0. The minimum absolute atomic E-state index is 0.0873. The lowest BCUT2D eigenvalue weighted by molar-refractivity contribution is 0.0786. The molecule has 2 fully saturated rings. The summed E-state index contributed by atoms with van der Waals surface area (Å²) in [5, 5.41) is 8.36. The number of halogens is 2. The molecule has 7 heteroatoms. The van der Waals surface area contributed by atoms with Gasteiger partial charge in [-0.05, 0) is 37.5 Å². The van der Waals surface area contributed by atoms with Crippen LogP contribution in [0.1, 0.15) is 47.3 Å². The Labute approximate surface area is 131 Å². The molecule has 120 valence electrons. The maximum absolute atomic E-state index is 13.3. The molecule has 1 saturated heterocycles. The van der Waals surface area contributed by atoms with Crippen molar-refractivity contribution in [2.75, 3.05) is 13.1 Å². The number of benzene rings is 1. The Morgan fingerprint density at radius 2 is 2.00 bits per heavy atom. The SMILES string of the molecule is O=C(c1ccc(F)c(F)c1)N1CC[C@@H](n2cc(C3CC3)nn2)C1. The van der Waals surface area contributed by atoms with Crippen molar-refractivity contribution in [2.45, 2.75) is 31.2 Å². The predicted octanol–water partition coefficient (Wildman–Crippen LogP) is 2.52. The highest BCUT2D eigenvalue weighted by Crippen LogP contribution is 2.39. The molecule has 0 N–H and O–H groups in total. The van der Waals surface area contributed by atoms with E-state index in [-0.39, 0.29) is 17.5 Å². The maximum Gasteiger partial charge on any atom is 0.254 e. The van der Waals surface area contributed by atoms with Crippen LogP contribution in [0.4, 0.5) is 8.78 Å². The second kappa shape index (κ2) is 5.40. The Morgan fingerprint density at radius 3 is 2.74 bits per heavy atom. The summed E-state index contributed by atoms with van der Waals surface area (Å²) in [5.74, 6) is -1.69. The van der Waals surface area contributed by atoms with Crippen LogP contribution < -0.4 is 0 Å². The van der Waals surface area contributed by atoms with Gasteiger partial charge in [-0.15, -0.1) is 5.10 Å². The van der Waals surface area contributed by atoms with E-state index in [1.807, 2.05) is 10.9 Å². The quantitative estimate of drug-likeness (QED) is 0.874. The highest BCUT2D eigenvalue weighted by molar-refractivity contribution is 5.94. The molecule has 2 aromatic rings. The lowest BCUT2D eigenvalue weighted by Gasteiger charge is -2.16. The molecule has 1 amide bonds. The Morgan fingerprint density at radius 1 is 1.17 bits per heavy atom. The molecule has 1 aliphatic heterocycles. The van der Waals surface area contributed by atoms with Gasteiger partial charge in [0.25, 0.3) is 5.91 Å². The third-order valence-corrected chi connectivity index (χ3v) is 4.51. The van der Waals surface area contributed by atoms with Gasteiger partial charge in [-0.3, -0.25) is 4.79 Å². The van der Waals surface area contributed by atoms with Gasteiger partial charge in [-0.1, -0.05) is 5.21 Å². The number of nitrogens with zero attached hydrogens (tertiary/aromatic N) is 4. The van der Waals surface area contributed by atoms with E-state index in [1.54, 1.807) is 4.90 Å². The molecule has 1 atom stereocenters. The number of rotatable bonds is 3. The number of carbonyl (C=O) groups is 1. The van der Waals surface area contributed by atoms with Crippen LogP contribution in [0.15, 0.2) is 24.4 Å². The molecule has 0 unspecified atom stereocenters. The summed E-state index contributed by atoms with van der Waals surface area (Å²) in [4.78, 5) is 14.1. The minimum Gasteiger partial charge on any atom is -0.336 e. The molecule has 5 nitrogen and oxygen atoms in total. The van der Waals surface area contributed by atoms with Gasteiger partial charge in [0.2, 0.25) is 0 Å². The number of hydrogen-bond acceptors (Lipinski definition) is 3. The second-order valence-electron chi connectivity index (χ2n) is 6.22. The standard InChI is InChI=1S/C16H16F2N4O/c17-13-4-3-11(7-14(13)18)16(23)21-6-5-12(8-21)22-9-15(19-20-22)10-1-2-10/h3-4,7,9-10,12H,1-2,5-6,8H2/t12-/m1/s1. The van der Waals surface area contributed by atoms with Crippen molar-refractivity contribution in [3.8, 4) is 0 Å². The molecule has 2 heterocycles. The van der Waals surface area contributed by atoms with Gasteiger partial charge in [-0.2, -0.15) is 0 Å². The van der Waals surface area contributed by atoms with E-state index in [0.717, 1.165) is 24.2 Å². The highest BCUT2D eigenvalue weighted by Gasteiger charge is 2.31. The van der Waals surface area contributed by atoms with E-state index < -0.39 is 11.6 Å². The lowest BCUT2D eigenvalue weighted by Crippen LogP contribution is -2.29. The monoisotopic (exact) mass is 318 g/mol. The summed E-state index contributed by atoms with van der Waals surface area (Å²) >= 11 is 0. The molecule has 1 aromatic heterocycles. The molecule has 4 rings (SSSR count). The van der Waals surface area contributed by atoms with E-state index in [0.29, 0.717) is 19.0 Å². The van der Waals surface area contributed by atoms with Crippen molar-refractivity contribution in [3.05, 3.63) is 47.3 Å². The first-order chi connectivity index (χ1) is 11.1. The van der Waals surface area contributed by atoms with Crippen molar-refractivity contribution < 1.29 is 13.6 Å². The fourth-order valence-electron chi connectivity index (χ4n) is 2.99. The number of hydrogen-bond donors (Lipinski definition) is 0. The van der Waals surface area contributed by atoms with Gasteiger partial charge in [0, 0.05) is 30.8 Å². The Bertz CT molecular complexity index is 756. The van der Waals surface area contributed by atoms with Crippen molar-refractivity contribution in [1.29, 1.82) is 0 Å². The zero-order valence-corrected chi connectivity index (χ0v) is 12.5. The van der Waals surface area contributed by atoms with Crippen molar-refractivity contribution >= 4 is 5.91 Å². The molecule has 23 heavy (non-hydrogen) atoms. The van der Waals surface area contributed by atoms with Crippen LogP contribution in [0.3, 0.4) is 0 Å². The summed E-state index contributed by atoms with van der Waals surface area (Å²) in [5.41, 5.74) is 1.19. The molecule has 0 radical (unpaired) electrons. The lowest BCUT2D eigenvalue weighted by atomic mass is 10.2. The van der Waals surface area contributed by atoms with Gasteiger partial charge < -0.3 is 4.90 Å². The van der Waals surface area contributed by atoms with Crippen LogP contribution in [-0.4, -0.2) is 38.9 Å². The summed E-state index contributed by atoms with van der Waals surface area (Å²) in [6, 6.07) is 3.33. The number of carbonyl (C=O) groups excluding carboxylic acids is 1. The van der Waals surface area contributed by atoms with Crippen LogP contribution in [0.2, 0.25) is 0 Å². The van der Waals surface area contributed by atoms with Gasteiger partial charge in [0.1, 0.15) is 0 Å². The first-order valence-corrected chi connectivity index (χ1v) is 7.78. The Balaban J connectivity index is 1.46. The molecule has 1 aromatic carbocycles. The molecular weight excluding hydrogens is 302 g/mol. The van der Waals surface area contributed by atoms with E-state index in [4.69, 9.17) is 0 Å². The van der Waals surface area contributed by atoms with E-state index in [2.05, 4.69) is 10.3 Å². The zero-order valence-electron chi connectivity index (χ0n) is 12.5. The third kappa shape index (κ3) is 2.71. The number of aromatic nitrogens is 3. The van der Waals surface area contributed by atoms with E-state index in [9.17, 15) is 13.6 Å². The van der Waals surface area contributed by atoms with Gasteiger partial charge >= 0.3 is 0 Å². The minimum atomic E-state index is -1.00. The van der Waals surface area contributed by atoms with Crippen molar-refractivity contribution in [3.63, 3.8) is 0 Å². The topological polar surface area (TPSA) is 51.0 Å². The molecule has 0 spiro atoms. The van der Waals surface area contributed by atoms with E-state index >= 15 is 0 Å². The van der Waals surface area contributed by atoms with Gasteiger partial charge in [0.15, 0.2) is 11.6 Å². The molecule has 1 aliphatic carbocycles. The molecule has 0 bridgehead atoms. The average molecular weight is 318 g/mol. The number of likely N-dealkylation sites (tertiary alicyclic amines) is 1. The fourth-order valence-corrected chi connectivity index (χ4v) is 2.99. The van der Waals surface area contributed by atoms with Crippen LogP contribution in [0.5, 0.6) is 0 Å². The first kappa shape index (κ1) is 14.3. The summed E-state index contributed by atoms with van der Waals surface area (Å²) in [6.45, 7) is 1.08. The maximum atomic E-state index is 13.3.